The van der Waals surface area contributed by atoms with Crippen LogP contribution in [0.25, 0.3) is 0 Å². The van der Waals surface area contributed by atoms with Crippen LogP contribution in [-0.4, -0.2) is 50.3 Å². The smallest absolute Gasteiger partial charge is 0.238 e. The van der Waals surface area contributed by atoms with Gasteiger partial charge in [0.2, 0.25) is 17.6 Å². The van der Waals surface area contributed by atoms with Crippen LogP contribution < -0.4 is 19.5 Å². The molecule has 2 amide bonds. The number of fused-ring (bicyclic) bond motifs is 1. The van der Waals surface area contributed by atoms with Gasteiger partial charge in [-0.15, -0.1) is 11.8 Å². The van der Waals surface area contributed by atoms with Gasteiger partial charge in [-0.05, 0) is 24.3 Å². The summed E-state index contributed by atoms with van der Waals surface area (Å²) in [6, 6.07) is 11.2. The molecule has 2 aromatic rings. The zero-order valence-electron chi connectivity index (χ0n) is 16.9. The van der Waals surface area contributed by atoms with Crippen molar-refractivity contribution in [3.05, 3.63) is 42.0 Å². The van der Waals surface area contributed by atoms with Crippen molar-refractivity contribution in [2.75, 3.05) is 33.7 Å². The van der Waals surface area contributed by atoms with Crippen LogP contribution in [0.2, 0.25) is 0 Å². The van der Waals surface area contributed by atoms with Gasteiger partial charge < -0.3 is 24.4 Å². The van der Waals surface area contributed by atoms with Crippen LogP contribution in [0.5, 0.6) is 17.2 Å². The van der Waals surface area contributed by atoms with E-state index in [-0.39, 0.29) is 18.2 Å². The van der Waals surface area contributed by atoms with Crippen LogP contribution in [0.3, 0.4) is 0 Å². The van der Waals surface area contributed by atoms with Crippen molar-refractivity contribution in [1.29, 1.82) is 0 Å². The van der Waals surface area contributed by atoms with Gasteiger partial charge >= 0.3 is 0 Å². The van der Waals surface area contributed by atoms with Crippen molar-refractivity contribution in [2.45, 2.75) is 23.1 Å². The number of para-hydroxylation sites is 1. The Morgan fingerprint density at radius 1 is 1.07 bits per heavy atom. The summed E-state index contributed by atoms with van der Waals surface area (Å²) in [7, 11) is 6.34. The average molecular weight is 416 g/mol. The highest BCUT2D eigenvalue weighted by Crippen LogP contribution is 2.40. The van der Waals surface area contributed by atoms with Crippen LogP contribution in [-0.2, 0) is 16.1 Å². The van der Waals surface area contributed by atoms with Crippen LogP contribution >= 0.6 is 11.8 Å². The summed E-state index contributed by atoms with van der Waals surface area (Å²) in [6.07, 6.45) is 0.108. The number of hydrogen-bond donors (Lipinski definition) is 1. The largest absolute Gasteiger partial charge is 0.493 e. The number of ether oxygens (including phenoxy) is 3. The summed E-state index contributed by atoms with van der Waals surface area (Å²) in [5.74, 6) is 1.27. The number of anilines is 1. The summed E-state index contributed by atoms with van der Waals surface area (Å²) >= 11 is 1.42. The molecular weight excluding hydrogens is 392 g/mol. The molecule has 0 bridgehead atoms. The maximum absolute atomic E-state index is 12.8. The number of hydrogen-bond acceptors (Lipinski definition) is 6. The molecule has 0 fully saturated rings. The topological polar surface area (TPSA) is 77.1 Å². The van der Waals surface area contributed by atoms with Crippen molar-refractivity contribution in [3.8, 4) is 17.2 Å². The monoisotopic (exact) mass is 416 g/mol. The van der Waals surface area contributed by atoms with Crippen molar-refractivity contribution >= 4 is 29.3 Å². The lowest BCUT2D eigenvalue weighted by Gasteiger charge is -2.26. The van der Waals surface area contributed by atoms with E-state index in [0.717, 1.165) is 16.1 Å². The molecule has 2 aromatic carbocycles. The summed E-state index contributed by atoms with van der Waals surface area (Å²) < 4.78 is 16.2. The first-order valence-electron chi connectivity index (χ1n) is 9.06. The molecule has 154 valence electrons. The Morgan fingerprint density at radius 2 is 1.79 bits per heavy atom. The number of methoxy groups -OCH3 is 3. The number of nitrogens with one attached hydrogen (secondary N) is 1. The van der Waals surface area contributed by atoms with Crippen LogP contribution in [0, 0.1) is 0 Å². The molecular formula is C21H24N2O5S. The van der Waals surface area contributed by atoms with Gasteiger partial charge in [-0.3, -0.25) is 9.59 Å². The number of amides is 2. The molecule has 0 aromatic heterocycles. The van der Waals surface area contributed by atoms with E-state index in [1.54, 1.807) is 32.2 Å². The second-order valence-corrected chi connectivity index (χ2v) is 7.78. The van der Waals surface area contributed by atoms with Crippen molar-refractivity contribution < 1.29 is 23.8 Å². The molecule has 0 aliphatic carbocycles. The zero-order valence-corrected chi connectivity index (χ0v) is 17.7. The predicted octanol–water partition coefficient (Wildman–Crippen LogP) is 3.17. The Bertz CT molecular complexity index is 918. The second kappa shape index (κ2) is 9.09. The fourth-order valence-electron chi connectivity index (χ4n) is 3.17. The molecule has 0 saturated carbocycles. The van der Waals surface area contributed by atoms with Gasteiger partial charge in [-0.2, -0.15) is 0 Å². The lowest BCUT2D eigenvalue weighted by molar-refractivity contribution is -0.131. The fourth-order valence-corrected chi connectivity index (χ4v) is 4.27. The lowest BCUT2D eigenvalue weighted by Crippen LogP contribution is -2.35. The van der Waals surface area contributed by atoms with Crippen molar-refractivity contribution in [3.63, 3.8) is 0 Å². The number of benzene rings is 2. The van der Waals surface area contributed by atoms with Gasteiger partial charge in [0.05, 0.1) is 32.3 Å². The third-order valence-corrected chi connectivity index (χ3v) is 5.96. The SMILES string of the molecule is COc1ccc(CN(C)C(=O)CC2Sc3ccccc3NC2=O)c(OC)c1OC. The van der Waals surface area contributed by atoms with E-state index in [1.165, 1.54) is 18.9 Å². The van der Waals surface area contributed by atoms with Crippen molar-refractivity contribution in [1.82, 2.24) is 4.90 Å². The number of carbonyl (C=O) groups excluding carboxylic acids is 2. The Hall–Kier alpha value is -2.87. The number of carbonyl (C=O) groups is 2. The molecule has 1 atom stereocenters. The molecule has 1 N–H and O–H groups in total. The number of nitrogens with zero attached hydrogens (tertiary/aromatic N) is 1. The standard InChI is InChI=1S/C21H24N2O5S/c1-23(12-13-9-10-15(26-2)20(28-4)19(13)27-3)18(24)11-17-21(25)22-14-7-5-6-8-16(14)29-17/h5-10,17H,11-12H2,1-4H3,(H,22,25). The van der Waals surface area contributed by atoms with E-state index >= 15 is 0 Å². The van der Waals surface area contributed by atoms with E-state index in [0.29, 0.717) is 23.8 Å². The molecule has 1 aliphatic rings. The van der Waals surface area contributed by atoms with Crippen LogP contribution in [0.15, 0.2) is 41.3 Å². The Morgan fingerprint density at radius 3 is 2.48 bits per heavy atom. The van der Waals surface area contributed by atoms with E-state index in [2.05, 4.69) is 5.32 Å². The summed E-state index contributed by atoms with van der Waals surface area (Å²) in [6.45, 7) is 0.317. The van der Waals surface area contributed by atoms with Crippen LogP contribution in [0.4, 0.5) is 5.69 Å². The molecule has 8 heteroatoms. The highest BCUT2D eigenvalue weighted by molar-refractivity contribution is 8.01. The third kappa shape index (κ3) is 4.42. The fraction of sp³-hybridized carbons (Fsp3) is 0.333. The van der Waals surface area contributed by atoms with Crippen molar-refractivity contribution in [2.24, 2.45) is 0 Å². The van der Waals surface area contributed by atoms with Gasteiger partial charge in [-0.25, -0.2) is 0 Å². The normalized spacial score (nSPS) is 15.2. The minimum atomic E-state index is -0.466. The van der Waals surface area contributed by atoms with Gasteiger partial charge in [0.15, 0.2) is 11.5 Å². The Kier molecular flexibility index (Phi) is 6.53. The van der Waals surface area contributed by atoms with E-state index in [4.69, 9.17) is 14.2 Å². The molecule has 29 heavy (non-hydrogen) atoms. The molecule has 1 aliphatic heterocycles. The minimum Gasteiger partial charge on any atom is -0.493 e. The average Bonchev–Trinajstić information content (AvgIpc) is 2.73. The number of rotatable bonds is 7. The summed E-state index contributed by atoms with van der Waals surface area (Å²) in [4.78, 5) is 27.7. The lowest BCUT2D eigenvalue weighted by atomic mass is 10.1. The number of thioether (sulfide) groups is 1. The first-order chi connectivity index (χ1) is 14.0. The minimum absolute atomic E-state index is 0.108. The zero-order chi connectivity index (χ0) is 21.0. The maximum Gasteiger partial charge on any atom is 0.238 e. The molecule has 3 rings (SSSR count). The van der Waals surface area contributed by atoms with E-state index in [9.17, 15) is 9.59 Å². The molecule has 1 unspecified atom stereocenters. The second-order valence-electron chi connectivity index (χ2n) is 6.54. The molecule has 1 heterocycles. The predicted molar refractivity (Wildman–Crippen MR) is 112 cm³/mol. The van der Waals surface area contributed by atoms with Gasteiger partial charge in [0.25, 0.3) is 0 Å². The Labute approximate surface area is 174 Å². The maximum atomic E-state index is 12.8. The third-order valence-electron chi connectivity index (χ3n) is 4.69. The Balaban J connectivity index is 1.71. The molecule has 0 spiro atoms. The first kappa shape index (κ1) is 20.9. The van der Waals surface area contributed by atoms with E-state index < -0.39 is 5.25 Å². The molecule has 0 radical (unpaired) electrons. The summed E-state index contributed by atoms with van der Waals surface area (Å²) in [5.41, 5.74) is 1.57. The highest BCUT2D eigenvalue weighted by atomic mass is 32.2. The highest BCUT2D eigenvalue weighted by Gasteiger charge is 2.30. The van der Waals surface area contributed by atoms with Gasteiger partial charge in [0.1, 0.15) is 0 Å². The van der Waals surface area contributed by atoms with Crippen LogP contribution in [0.1, 0.15) is 12.0 Å². The molecule has 7 nitrogen and oxygen atoms in total. The van der Waals surface area contributed by atoms with E-state index in [1.807, 2.05) is 30.3 Å². The quantitative estimate of drug-likeness (QED) is 0.747. The van der Waals surface area contributed by atoms with Gasteiger partial charge in [0, 0.05) is 30.5 Å². The molecule has 0 saturated heterocycles. The first-order valence-corrected chi connectivity index (χ1v) is 9.94. The van der Waals surface area contributed by atoms with Gasteiger partial charge in [-0.1, -0.05) is 12.1 Å². The summed E-state index contributed by atoms with van der Waals surface area (Å²) in [5, 5.41) is 2.40.